The molecule has 0 aromatic heterocycles. The third-order valence-electron chi connectivity index (χ3n) is 3.05. The lowest BCUT2D eigenvalue weighted by Gasteiger charge is -2.30. The first-order chi connectivity index (χ1) is 6.24. The lowest BCUT2D eigenvalue weighted by molar-refractivity contribution is -0.0561. The maximum absolute atomic E-state index is 8.90. The van der Waals surface area contributed by atoms with Crippen LogP contribution in [0.15, 0.2) is 0 Å². The molecule has 3 N–H and O–H groups in total. The molecule has 1 aliphatic carbocycles. The van der Waals surface area contributed by atoms with Gasteiger partial charge < -0.3 is 15.5 Å². The highest BCUT2D eigenvalue weighted by atomic mass is 16.5. The second-order valence-electron chi connectivity index (χ2n) is 4.01. The number of nitrogens with one attached hydrogen (secondary N) is 1. The highest BCUT2D eigenvalue weighted by molar-refractivity contribution is 4.78. The molecular formula is C10H21NO2. The van der Waals surface area contributed by atoms with Gasteiger partial charge in [0.1, 0.15) is 0 Å². The second kappa shape index (κ2) is 5.58. The van der Waals surface area contributed by atoms with Crippen LogP contribution in [0.5, 0.6) is 0 Å². The molecule has 0 radical (unpaired) electrons. The van der Waals surface area contributed by atoms with E-state index in [0.29, 0.717) is 12.3 Å². The maximum atomic E-state index is 8.90. The van der Waals surface area contributed by atoms with Gasteiger partial charge in [-0.2, -0.15) is 0 Å². The Morgan fingerprint density at radius 3 is 2.31 bits per heavy atom. The average molecular weight is 187 g/mol. The molecule has 0 aliphatic heterocycles. The number of hydrogen-bond acceptors (Lipinski definition) is 3. The highest BCUT2D eigenvalue weighted by Crippen LogP contribution is 2.27. The highest BCUT2D eigenvalue weighted by Gasteiger charge is 2.23. The molecule has 1 atom stereocenters. The summed E-state index contributed by atoms with van der Waals surface area (Å²) < 4.78 is 0. The Morgan fingerprint density at radius 1 is 1.23 bits per heavy atom. The van der Waals surface area contributed by atoms with Crippen LogP contribution in [0, 0.1) is 5.92 Å². The Morgan fingerprint density at radius 2 is 1.85 bits per heavy atom. The molecule has 0 unspecified atom stereocenters. The Labute approximate surface area is 80.2 Å². The molecule has 78 valence electrons. The van der Waals surface area contributed by atoms with Crippen molar-refractivity contribution >= 4 is 0 Å². The van der Waals surface area contributed by atoms with E-state index in [4.69, 9.17) is 10.2 Å². The van der Waals surface area contributed by atoms with E-state index in [1.807, 2.05) is 7.05 Å². The van der Waals surface area contributed by atoms with Crippen molar-refractivity contribution in [3.8, 4) is 0 Å². The van der Waals surface area contributed by atoms with Gasteiger partial charge in [-0.1, -0.05) is 19.3 Å². The Kier molecular flexibility index (Phi) is 4.70. The van der Waals surface area contributed by atoms with Crippen LogP contribution < -0.4 is 5.32 Å². The largest absolute Gasteiger partial charge is 0.368 e. The van der Waals surface area contributed by atoms with E-state index in [9.17, 15) is 0 Å². The molecule has 0 aromatic carbocycles. The van der Waals surface area contributed by atoms with Crippen LogP contribution in [-0.2, 0) is 0 Å². The summed E-state index contributed by atoms with van der Waals surface area (Å²) in [6, 6.07) is 0.278. The van der Waals surface area contributed by atoms with Gasteiger partial charge in [-0.3, -0.25) is 0 Å². The average Bonchev–Trinajstić information content (AvgIpc) is 2.15. The first-order valence-electron chi connectivity index (χ1n) is 5.27. The summed E-state index contributed by atoms with van der Waals surface area (Å²) in [5.74, 6) is 0.639. The molecule has 0 saturated heterocycles. The van der Waals surface area contributed by atoms with Gasteiger partial charge in [-0.05, 0) is 25.8 Å². The number of aliphatic hydroxyl groups excluding tert-OH is 1. The van der Waals surface area contributed by atoms with Gasteiger partial charge >= 0.3 is 0 Å². The van der Waals surface area contributed by atoms with Gasteiger partial charge in [-0.25, -0.2) is 0 Å². The third-order valence-corrected chi connectivity index (χ3v) is 3.05. The summed E-state index contributed by atoms with van der Waals surface area (Å²) in [7, 11) is 1.90. The lowest BCUT2D eigenvalue weighted by Crippen LogP contribution is -2.37. The van der Waals surface area contributed by atoms with E-state index in [1.165, 1.54) is 32.1 Å². The van der Waals surface area contributed by atoms with Gasteiger partial charge in [0.15, 0.2) is 6.29 Å². The lowest BCUT2D eigenvalue weighted by atomic mass is 9.82. The van der Waals surface area contributed by atoms with Crippen molar-refractivity contribution < 1.29 is 10.2 Å². The molecular weight excluding hydrogens is 166 g/mol. The molecule has 0 bridgehead atoms. The molecule has 0 amide bonds. The minimum atomic E-state index is -1.17. The summed E-state index contributed by atoms with van der Waals surface area (Å²) in [6.45, 7) is 0. The predicted molar refractivity (Wildman–Crippen MR) is 52.3 cm³/mol. The monoisotopic (exact) mass is 187 g/mol. The van der Waals surface area contributed by atoms with Crippen LogP contribution in [0.1, 0.15) is 38.5 Å². The van der Waals surface area contributed by atoms with Gasteiger partial charge in [0, 0.05) is 12.5 Å². The van der Waals surface area contributed by atoms with Crippen LogP contribution in [0.25, 0.3) is 0 Å². The number of hydrogen-bond donors (Lipinski definition) is 3. The molecule has 1 fully saturated rings. The van der Waals surface area contributed by atoms with Gasteiger partial charge in [0.05, 0.1) is 0 Å². The molecule has 1 saturated carbocycles. The van der Waals surface area contributed by atoms with E-state index in [-0.39, 0.29) is 6.04 Å². The van der Waals surface area contributed by atoms with Crippen molar-refractivity contribution in [1.29, 1.82) is 0 Å². The van der Waals surface area contributed by atoms with Gasteiger partial charge in [-0.15, -0.1) is 0 Å². The van der Waals surface area contributed by atoms with Crippen LogP contribution in [0.4, 0.5) is 0 Å². The molecule has 0 aromatic rings. The van der Waals surface area contributed by atoms with Crippen molar-refractivity contribution in [1.82, 2.24) is 5.32 Å². The van der Waals surface area contributed by atoms with Crippen LogP contribution in [-0.4, -0.2) is 29.6 Å². The van der Waals surface area contributed by atoms with Gasteiger partial charge in [0.25, 0.3) is 0 Å². The Bertz CT molecular complexity index is 133. The minimum absolute atomic E-state index is 0.278. The van der Waals surface area contributed by atoms with Gasteiger partial charge in [0.2, 0.25) is 0 Å². The molecule has 1 aliphatic rings. The minimum Gasteiger partial charge on any atom is -0.368 e. The fraction of sp³-hybridized carbons (Fsp3) is 1.00. The first-order valence-corrected chi connectivity index (χ1v) is 5.27. The predicted octanol–water partition coefficient (Wildman–Crippen LogP) is 0.855. The molecule has 3 heteroatoms. The normalized spacial score (nSPS) is 22.2. The summed E-state index contributed by atoms with van der Waals surface area (Å²) in [4.78, 5) is 0. The van der Waals surface area contributed by atoms with Crippen molar-refractivity contribution in [2.24, 2.45) is 5.92 Å². The van der Waals surface area contributed by atoms with Crippen LogP contribution in [0.3, 0.4) is 0 Å². The van der Waals surface area contributed by atoms with Crippen molar-refractivity contribution in [2.75, 3.05) is 7.05 Å². The second-order valence-corrected chi connectivity index (χ2v) is 4.01. The fourth-order valence-electron chi connectivity index (χ4n) is 2.31. The van der Waals surface area contributed by atoms with E-state index in [2.05, 4.69) is 5.32 Å². The molecule has 3 nitrogen and oxygen atoms in total. The summed E-state index contributed by atoms with van der Waals surface area (Å²) >= 11 is 0. The van der Waals surface area contributed by atoms with Crippen molar-refractivity contribution in [3.05, 3.63) is 0 Å². The number of rotatable bonds is 4. The zero-order chi connectivity index (χ0) is 9.68. The smallest absolute Gasteiger partial charge is 0.152 e. The zero-order valence-corrected chi connectivity index (χ0v) is 8.37. The van der Waals surface area contributed by atoms with Crippen LogP contribution in [0.2, 0.25) is 0 Å². The van der Waals surface area contributed by atoms with Crippen molar-refractivity contribution in [2.45, 2.75) is 50.9 Å². The Hall–Kier alpha value is -0.120. The molecule has 0 spiro atoms. The van der Waals surface area contributed by atoms with Crippen LogP contribution >= 0.6 is 0 Å². The molecule has 0 heterocycles. The van der Waals surface area contributed by atoms with E-state index < -0.39 is 6.29 Å². The zero-order valence-electron chi connectivity index (χ0n) is 8.37. The quantitative estimate of drug-likeness (QED) is 0.572. The summed E-state index contributed by atoms with van der Waals surface area (Å²) in [5, 5.41) is 21.0. The Balaban J connectivity index is 2.34. The standard InChI is InChI=1S/C10H21NO2/c1-11-9(7-10(12)13)8-5-3-2-4-6-8/h8-13H,2-7H2,1H3/t9-/m1/s1. The van der Waals surface area contributed by atoms with E-state index in [0.717, 1.165) is 0 Å². The van der Waals surface area contributed by atoms with E-state index in [1.54, 1.807) is 0 Å². The maximum Gasteiger partial charge on any atom is 0.152 e. The summed E-state index contributed by atoms with van der Waals surface area (Å²) in [6.07, 6.45) is 5.69. The first kappa shape index (κ1) is 11.0. The van der Waals surface area contributed by atoms with Crippen molar-refractivity contribution in [3.63, 3.8) is 0 Å². The molecule has 13 heavy (non-hydrogen) atoms. The topological polar surface area (TPSA) is 52.5 Å². The number of aliphatic hydroxyl groups is 2. The fourth-order valence-corrected chi connectivity index (χ4v) is 2.31. The van der Waals surface area contributed by atoms with E-state index >= 15 is 0 Å². The third kappa shape index (κ3) is 3.63. The molecule has 1 rings (SSSR count). The summed E-state index contributed by atoms with van der Waals surface area (Å²) in [5.41, 5.74) is 0. The SMILES string of the molecule is CN[C@H](CC(O)O)C1CCCCC1.